The van der Waals surface area contributed by atoms with Gasteiger partial charge in [0.05, 0.1) is 9.82 Å². The average Bonchev–Trinajstić information content (AvgIpc) is 2.68. The lowest BCUT2D eigenvalue weighted by Gasteiger charge is -2.22. The molecule has 0 aliphatic rings. The van der Waals surface area contributed by atoms with Crippen LogP contribution in [0.2, 0.25) is 0 Å². The lowest BCUT2D eigenvalue weighted by Crippen LogP contribution is -2.30. The monoisotopic (exact) mass is 405 g/mol. The summed E-state index contributed by atoms with van der Waals surface area (Å²) in [5.41, 5.74) is 1.82. The van der Waals surface area contributed by atoms with Gasteiger partial charge in [0.2, 0.25) is 10.0 Å². The second-order valence-corrected chi connectivity index (χ2v) is 8.56. The van der Waals surface area contributed by atoms with E-state index in [1.54, 1.807) is 36.4 Å². The number of nitro groups is 1. The molecule has 0 fully saturated rings. The highest BCUT2D eigenvalue weighted by Crippen LogP contribution is 2.24. The van der Waals surface area contributed by atoms with Crippen LogP contribution in [0.3, 0.4) is 0 Å². The van der Waals surface area contributed by atoms with Crippen LogP contribution in [0.4, 0.5) is 5.69 Å². The van der Waals surface area contributed by atoms with E-state index in [2.05, 4.69) is 5.32 Å². The fourth-order valence-electron chi connectivity index (χ4n) is 3.12. The molecule has 0 amide bonds. The van der Waals surface area contributed by atoms with Crippen molar-refractivity contribution in [3.63, 3.8) is 0 Å². The number of non-ortho nitro benzene ring substituents is 1. The van der Waals surface area contributed by atoms with Crippen LogP contribution in [0.5, 0.6) is 0 Å². The first-order valence-electron chi connectivity index (χ1n) is 9.31. The molecule has 2 unspecified atom stereocenters. The van der Waals surface area contributed by atoms with Gasteiger partial charge in [-0.15, -0.1) is 0 Å². The molecule has 1 N–H and O–H groups in total. The van der Waals surface area contributed by atoms with Gasteiger partial charge in [0.1, 0.15) is 0 Å². The van der Waals surface area contributed by atoms with Crippen molar-refractivity contribution in [1.29, 1.82) is 0 Å². The lowest BCUT2D eigenvalue weighted by atomic mass is 10.0. The fourth-order valence-corrected chi connectivity index (χ4v) is 4.57. The molecule has 0 heterocycles. The molecular weight excluding hydrogens is 378 g/mol. The molecule has 7 nitrogen and oxygen atoms in total. The maximum absolute atomic E-state index is 12.6. The first-order valence-corrected chi connectivity index (χ1v) is 10.7. The van der Waals surface area contributed by atoms with E-state index in [0.29, 0.717) is 13.1 Å². The molecule has 0 aliphatic carbocycles. The molecule has 0 aliphatic heterocycles. The maximum Gasteiger partial charge on any atom is 0.269 e. The van der Waals surface area contributed by atoms with Crippen molar-refractivity contribution in [3.8, 4) is 0 Å². The second-order valence-electron chi connectivity index (χ2n) is 6.62. The van der Waals surface area contributed by atoms with Crippen molar-refractivity contribution in [2.45, 2.75) is 44.7 Å². The Balaban J connectivity index is 2.14. The molecule has 0 saturated carbocycles. The van der Waals surface area contributed by atoms with Crippen LogP contribution >= 0.6 is 0 Å². The number of rotatable bonds is 9. The number of hydrogen-bond acceptors (Lipinski definition) is 5. The van der Waals surface area contributed by atoms with Gasteiger partial charge < -0.3 is 5.32 Å². The quantitative estimate of drug-likeness (QED) is 0.502. The van der Waals surface area contributed by atoms with Gasteiger partial charge in [-0.1, -0.05) is 38.1 Å². The summed E-state index contributed by atoms with van der Waals surface area (Å²) >= 11 is 0. The lowest BCUT2D eigenvalue weighted by molar-refractivity contribution is -0.384. The van der Waals surface area contributed by atoms with E-state index in [0.717, 1.165) is 11.1 Å². The zero-order valence-electron chi connectivity index (χ0n) is 16.6. The van der Waals surface area contributed by atoms with Gasteiger partial charge in [-0.2, -0.15) is 4.31 Å². The van der Waals surface area contributed by atoms with E-state index in [1.165, 1.54) is 10.4 Å². The number of sulfonamides is 1. The molecule has 8 heteroatoms. The van der Waals surface area contributed by atoms with Gasteiger partial charge in [0.25, 0.3) is 5.69 Å². The minimum atomic E-state index is -3.47. The maximum atomic E-state index is 12.6. The summed E-state index contributed by atoms with van der Waals surface area (Å²) in [7, 11) is -3.47. The topological polar surface area (TPSA) is 92.6 Å². The van der Waals surface area contributed by atoms with E-state index in [9.17, 15) is 18.5 Å². The molecule has 0 aromatic heterocycles. The molecule has 152 valence electrons. The number of nitro benzene ring substituents is 1. The molecule has 0 saturated heterocycles. The van der Waals surface area contributed by atoms with Crippen molar-refractivity contribution in [2.24, 2.45) is 0 Å². The molecule has 0 spiro atoms. The van der Waals surface area contributed by atoms with E-state index < -0.39 is 14.9 Å². The third-order valence-electron chi connectivity index (χ3n) is 4.80. The van der Waals surface area contributed by atoms with E-state index in [-0.39, 0.29) is 22.7 Å². The number of benzene rings is 2. The van der Waals surface area contributed by atoms with Crippen molar-refractivity contribution in [3.05, 3.63) is 69.8 Å². The Hall–Kier alpha value is -2.29. The van der Waals surface area contributed by atoms with Crippen LogP contribution in [-0.4, -0.2) is 30.7 Å². The molecule has 0 bridgehead atoms. The van der Waals surface area contributed by atoms with Crippen molar-refractivity contribution in [1.82, 2.24) is 9.62 Å². The van der Waals surface area contributed by atoms with Crippen LogP contribution < -0.4 is 5.32 Å². The summed E-state index contributed by atoms with van der Waals surface area (Å²) in [5.74, 6) is 0. The SMILES string of the molecule is CCN(CC)S(=O)(=O)c1ccc(C(C)NC(C)c2cccc([N+](=O)[O-])c2)cc1. The zero-order valence-corrected chi connectivity index (χ0v) is 17.4. The molecule has 2 aromatic rings. The van der Waals surface area contributed by atoms with Gasteiger partial charge in [-0.25, -0.2) is 8.42 Å². The van der Waals surface area contributed by atoms with Gasteiger partial charge in [0.15, 0.2) is 0 Å². The van der Waals surface area contributed by atoms with Crippen LogP contribution in [-0.2, 0) is 10.0 Å². The fraction of sp³-hybridized carbons (Fsp3) is 0.400. The highest BCUT2D eigenvalue weighted by Gasteiger charge is 2.22. The smallest absolute Gasteiger partial charge is 0.269 e. The molecule has 0 radical (unpaired) electrons. The van der Waals surface area contributed by atoms with Gasteiger partial charge >= 0.3 is 0 Å². The number of nitrogens with one attached hydrogen (secondary N) is 1. The minimum absolute atomic E-state index is 0.0560. The standard InChI is InChI=1S/C20H27N3O4S/c1-5-22(6-2)28(26,27)20-12-10-17(11-13-20)15(3)21-16(4)18-8-7-9-19(14-18)23(24)25/h7-16,21H,5-6H2,1-4H3. The third-order valence-corrected chi connectivity index (χ3v) is 6.87. The molecule has 2 rings (SSSR count). The van der Waals surface area contributed by atoms with Crippen LogP contribution in [0.1, 0.15) is 50.9 Å². The van der Waals surface area contributed by atoms with E-state index in [1.807, 2.05) is 33.8 Å². The van der Waals surface area contributed by atoms with Gasteiger partial charge in [-0.05, 0) is 37.1 Å². The first-order chi connectivity index (χ1) is 13.2. The van der Waals surface area contributed by atoms with Gasteiger partial charge in [-0.3, -0.25) is 10.1 Å². The van der Waals surface area contributed by atoms with Crippen molar-refractivity contribution < 1.29 is 13.3 Å². The zero-order chi connectivity index (χ0) is 20.9. The number of hydrogen-bond donors (Lipinski definition) is 1. The molecule has 28 heavy (non-hydrogen) atoms. The summed E-state index contributed by atoms with van der Waals surface area (Å²) < 4.78 is 26.6. The third kappa shape index (κ3) is 4.95. The molecule has 2 atom stereocenters. The predicted molar refractivity (Wildman–Crippen MR) is 110 cm³/mol. The van der Waals surface area contributed by atoms with Gasteiger partial charge in [0, 0.05) is 37.3 Å². The normalized spacial score (nSPS) is 14.0. The van der Waals surface area contributed by atoms with Crippen molar-refractivity contribution in [2.75, 3.05) is 13.1 Å². The number of nitrogens with zero attached hydrogens (tertiary/aromatic N) is 2. The Bertz CT molecular complexity index is 909. The Morgan fingerprint density at radius 2 is 1.57 bits per heavy atom. The summed E-state index contributed by atoms with van der Waals surface area (Å²) in [6.45, 7) is 8.41. The summed E-state index contributed by atoms with van der Waals surface area (Å²) in [6, 6.07) is 13.2. The predicted octanol–water partition coefficient (Wildman–Crippen LogP) is 4.04. The molecule has 2 aromatic carbocycles. The Labute approximate surface area is 166 Å². The highest BCUT2D eigenvalue weighted by atomic mass is 32.2. The van der Waals surface area contributed by atoms with E-state index >= 15 is 0 Å². The molecular formula is C20H27N3O4S. The van der Waals surface area contributed by atoms with Crippen LogP contribution in [0.15, 0.2) is 53.4 Å². The average molecular weight is 406 g/mol. The Morgan fingerprint density at radius 1 is 1.00 bits per heavy atom. The summed E-state index contributed by atoms with van der Waals surface area (Å²) in [5, 5.41) is 14.4. The first kappa shape index (κ1) is 22.0. The summed E-state index contributed by atoms with van der Waals surface area (Å²) in [6.07, 6.45) is 0. The Kier molecular flexibility index (Phi) is 7.29. The second kappa shape index (κ2) is 9.27. The highest BCUT2D eigenvalue weighted by molar-refractivity contribution is 7.89. The minimum Gasteiger partial charge on any atom is -0.304 e. The largest absolute Gasteiger partial charge is 0.304 e. The summed E-state index contributed by atoms with van der Waals surface area (Å²) in [4.78, 5) is 10.8. The van der Waals surface area contributed by atoms with E-state index in [4.69, 9.17) is 0 Å². The van der Waals surface area contributed by atoms with Crippen LogP contribution in [0.25, 0.3) is 0 Å². The van der Waals surface area contributed by atoms with Crippen molar-refractivity contribution >= 4 is 15.7 Å². The van der Waals surface area contributed by atoms with Crippen LogP contribution in [0, 0.1) is 10.1 Å². The Morgan fingerprint density at radius 3 is 2.11 bits per heavy atom.